The summed E-state index contributed by atoms with van der Waals surface area (Å²) in [6.07, 6.45) is 4.30. The van der Waals surface area contributed by atoms with Crippen molar-refractivity contribution in [2.45, 2.75) is 13.0 Å². The number of nitrogens with zero attached hydrogens (tertiary/aromatic N) is 4. The summed E-state index contributed by atoms with van der Waals surface area (Å²) in [6, 6.07) is 18.1. The second kappa shape index (κ2) is 7.54. The molecule has 4 aromatic rings. The molecule has 130 valence electrons. The van der Waals surface area contributed by atoms with Crippen LogP contribution in [0, 0.1) is 0 Å². The van der Waals surface area contributed by atoms with E-state index in [1.165, 1.54) is 5.56 Å². The van der Waals surface area contributed by atoms with Gasteiger partial charge in [0.15, 0.2) is 5.65 Å². The van der Waals surface area contributed by atoms with Crippen LogP contribution in [-0.2, 0) is 13.0 Å². The van der Waals surface area contributed by atoms with Crippen LogP contribution in [0.15, 0.2) is 67.1 Å². The summed E-state index contributed by atoms with van der Waals surface area (Å²) in [6.45, 7) is 1.37. The van der Waals surface area contributed by atoms with E-state index in [0.29, 0.717) is 6.54 Å². The highest BCUT2D eigenvalue weighted by Gasteiger charge is 2.11. The van der Waals surface area contributed by atoms with Gasteiger partial charge in [-0.05, 0) is 23.6 Å². The Balaban J connectivity index is 1.52. The number of anilines is 1. The third kappa shape index (κ3) is 3.53. The van der Waals surface area contributed by atoms with Crippen molar-refractivity contribution in [2.24, 2.45) is 0 Å². The van der Waals surface area contributed by atoms with Crippen LogP contribution < -0.4 is 5.32 Å². The first kappa shape index (κ1) is 16.5. The summed E-state index contributed by atoms with van der Waals surface area (Å²) in [5.74, 6) is 0.802. The van der Waals surface area contributed by atoms with Gasteiger partial charge in [-0.1, -0.05) is 60.1 Å². The average molecular weight is 364 g/mol. The van der Waals surface area contributed by atoms with Crippen LogP contribution in [0.4, 0.5) is 5.82 Å². The topological polar surface area (TPSA) is 55.6 Å². The molecule has 0 saturated heterocycles. The lowest BCUT2D eigenvalue weighted by Gasteiger charge is -2.08. The largest absolute Gasteiger partial charge is 0.369 e. The molecule has 0 atom stereocenters. The van der Waals surface area contributed by atoms with Crippen LogP contribution in [-0.4, -0.2) is 26.3 Å². The number of nitrogens with one attached hydrogen (secondary N) is 1. The third-order valence-corrected chi connectivity index (χ3v) is 4.63. The first-order valence-corrected chi connectivity index (χ1v) is 8.87. The van der Waals surface area contributed by atoms with E-state index in [2.05, 4.69) is 44.6 Å². The van der Waals surface area contributed by atoms with E-state index < -0.39 is 0 Å². The zero-order valence-corrected chi connectivity index (χ0v) is 14.9. The van der Waals surface area contributed by atoms with Gasteiger partial charge in [-0.15, -0.1) is 0 Å². The maximum Gasteiger partial charge on any atom is 0.163 e. The number of fused-ring (bicyclic) bond motifs is 1. The van der Waals surface area contributed by atoms with E-state index in [4.69, 9.17) is 11.6 Å². The van der Waals surface area contributed by atoms with Crippen molar-refractivity contribution in [2.75, 3.05) is 11.9 Å². The highest BCUT2D eigenvalue weighted by atomic mass is 35.5. The van der Waals surface area contributed by atoms with Gasteiger partial charge < -0.3 is 5.32 Å². The number of rotatable bonds is 6. The summed E-state index contributed by atoms with van der Waals surface area (Å²) in [7, 11) is 0. The maximum absolute atomic E-state index is 6.26. The lowest BCUT2D eigenvalue weighted by atomic mass is 10.1. The smallest absolute Gasteiger partial charge is 0.163 e. The molecule has 0 saturated carbocycles. The van der Waals surface area contributed by atoms with E-state index >= 15 is 0 Å². The van der Waals surface area contributed by atoms with Gasteiger partial charge in [0.05, 0.1) is 18.1 Å². The second-order valence-electron chi connectivity index (χ2n) is 6.02. The van der Waals surface area contributed by atoms with Crippen LogP contribution >= 0.6 is 11.6 Å². The molecule has 5 nitrogen and oxygen atoms in total. The van der Waals surface area contributed by atoms with Crippen LogP contribution in [0.5, 0.6) is 0 Å². The maximum atomic E-state index is 6.26. The molecule has 2 aromatic heterocycles. The average Bonchev–Trinajstić information content (AvgIpc) is 3.08. The quantitative estimate of drug-likeness (QED) is 0.558. The molecule has 6 heteroatoms. The molecular weight excluding hydrogens is 346 g/mol. The summed E-state index contributed by atoms with van der Waals surface area (Å²) in [4.78, 5) is 8.77. The molecule has 0 bridgehead atoms. The summed E-state index contributed by atoms with van der Waals surface area (Å²) >= 11 is 6.26. The van der Waals surface area contributed by atoms with Crippen molar-refractivity contribution in [1.82, 2.24) is 19.7 Å². The van der Waals surface area contributed by atoms with E-state index in [-0.39, 0.29) is 0 Å². The minimum atomic E-state index is 0.573. The van der Waals surface area contributed by atoms with Crippen LogP contribution in [0.3, 0.4) is 0 Å². The Hall–Kier alpha value is -2.92. The minimum absolute atomic E-state index is 0.573. The Labute approximate surface area is 156 Å². The lowest BCUT2D eigenvalue weighted by Crippen LogP contribution is -2.07. The van der Waals surface area contributed by atoms with Gasteiger partial charge in [0.2, 0.25) is 0 Å². The first-order chi connectivity index (χ1) is 12.8. The molecule has 0 aliphatic carbocycles. The zero-order chi connectivity index (χ0) is 17.8. The highest BCUT2D eigenvalue weighted by molar-refractivity contribution is 6.31. The monoisotopic (exact) mass is 363 g/mol. The molecule has 0 radical (unpaired) electrons. The van der Waals surface area contributed by atoms with Crippen molar-refractivity contribution in [3.8, 4) is 0 Å². The van der Waals surface area contributed by atoms with Crippen LogP contribution in [0.25, 0.3) is 11.0 Å². The Morgan fingerprint density at radius 3 is 2.62 bits per heavy atom. The Kier molecular flexibility index (Phi) is 4.80. The molecule has 0 aliphatic rings. The summed E-state index contributed by atoms with van der Waals surface area (Å²) < 4.78 is 1.85. The van der Waals surface area contributed by atoms with Crippen LogP contribution in [0.2, 0.25) is 5.02 Å². The molecule has 1 N–H and O–H groups in total. The number of benzene rings is 2. The van der Waals surface area contributed by atoms with Gasteiger partial charge in [-0.2, -0.15) is 5.10 Å². The Morgan fingerprint density at radius 2 is 1.77 bits per heavy atom. The van der Waals surface area contributed by atoms with Gasteiger partial charge in [0, 0.05) is 11.6 Å². The van der Waals surface area contributed by atoms with Gasteiger partial charge in [0.1, 0.15) is 12.1 Å². The molecule has 26 heavy (non-hydrogen) atoms. The lowest BCUT2D eigenvalue weighted by molar-refractivity contribution is 0.704. The normalized spacial score (nSPS) is 11.0. The standard InChI is InChI=1S/C20H18ClN5/c21-18-9-5-4-8-16(18)13-26-20-17(12-25-26)19(23-14-24-20)22-11-10-15-6-2-1-3-7-15/h1-9,12,14H,10-11,13H2,(H,22,23,24). The number of hydrogen-bond donors (Lipinski definition) is 1. The van der Waals surface area contributed by atoms with Crippen LogP contribution in [0.1, 0.15) is 11.1 Å². The number of aromatic nitrogens is 4. The Morgan fingerprint density at radius 1 is 0.962 bits per heavy atom. The first-order valence-electron chi connectivity index (χ1n) is 8.49. The fraction of sp³-hybridized carbons (Fsp3) is 0.150. The fourth-order valence-electron chi connectivity index (χ4n) is 2.91. The molecule has 4 rings (SSSR count). The summed E-state index contributed by atoms with van der Waals surface area (Å²) in [5.41, 5.74) is 3.10. The number of halogens is 1. The fourth-order valence-corrected chi connectivity index (χ4v) is 3.10. The van der Waals surface area contributed by atoms with Crippen molar-refractivity contribution < 1.29 is 0 Å². The summed E-state index contributed by atoms with van der Waals surface area (Å²) in [5, 5.41) is 9.51. The SMILES string of the molecule is Clc1ccccc1Cn1ncc2c(NCCc3ccccc3)ncnc21. The number of hydrogen-bond acceptors (Lipinski definition) is 4. The van der Waals surface area contributed by atoms with Crippen molar-refractivity contribution >= 4 is 28.5 Å². The van der Waals surface area contributed by atoms with Gasteiger partial charge >= 0.3 is 0 Å². The molecular formula is C20H18ClN5. The van der Waals surface area contributed by atoms with E-state index in [9.17, 15) is 0 Å². The van der Waals surface area contributed by atoms with E-state index in [1.807, 2.05) is 35.0 Å². The molecule has 0 fully saturated rings. The zero-order valence-electron chi connectivity index (χ0n) is 14.1. The Bertz CT molecular complexity index is 1010. The predicted molar refractivity (Wildman–Crippen MR) is 105 cm³/mol. The van der Waals surface area contributed by atoms with Crippen molar-refractivity contribution in [3.05, 3.63) is 83.3 Å². The highest BCUT2D eigenvalue weighted by Crippen LogP contribution is 2.21. The molecule has 0 spiro atoms. The van der Waals surface area contributed by atoms with Gasteiger partial charge in [-0.25, -0.2) is 14.6 Å². The third-order valence-electron chi connectivity index (χ3n) is 4.26. The molecule has 0 unspecified atom stereocenters. The minimum Gasteiger partial charge on any atom is -0.369 e. The van der Waals surface area contributed by atoms with Crippen molar-refractivity contribution in [3.63, 3.8) is 0 Å². The van der Waals surface area contributed by atoms with E-state index in [1.54, 1.807) is 12.5 Å². The van der Waals surface area contributed by atoms with E-state index in [0.717, 1.165) is 40.4 Å². The predicted octanol–water partition coefficient (Wildman–Crippen LogP) is 4.18. The molecule has 0 aliphatic heterocycles. The molecule has 0 amide bonds. The molecule has 2 aromatic carbocycles. The van der Waals surface area contributed by atoms with Gasteiger partial charge in [0.25, 0.3) is 0 Å². The second-order valence-corrected chi connectivity index (χ2v) is 6.42. The van der Waals surface area contributed by atoms with Crippen molar-refractivity contribution in [1.29, 1.82) is 0 Å². The molecule has 2 heterocycles. The van der Waals surface area contributed by atoms with Gasteiger partial charge in [-0.3, -0.25) is 0 Å².